The van der Waals surface area contributed by atoms with Crippen molar-refractivity contribution in [2.24, 2.45) is 0 Å². The second-order valence-corrected chi connectivity index (χ2v) is 2.85. The lowest BCUT2D eigenvalue weighted by atomic mass is 10.3. The lowest BCUT2D eigenvalue weighted by Gasteiger charge is -1.97. The van der Waals surface area contributed by atoms with Gasteiger partial charge in [0, 0.05) is 0 Å². The van der Waals surface area contributed by atoms with Crippen LogP contribution in [0.5, 0.6) is 0 Å². The molecule has 2 aromatic heterocycles. The van der Waals surface area contributed by atoms with Crippen LogP contribution >= 0.6 is 0 Å². The van der Waals surface area contributed by atoms with Crippen molar-refractivity contribution in [1.82, 2.24) is 19.8 Å². The van der Waals surface area contributed by atoms with E-state index >= 15 is 0 Å². The molecule has 72 valence electrons. The number of fused-ring (bicyclic) bond motifs is 1. The number of nitrogens with zero attached hydrogens (tertiary/aromatic N) is 6. The normalized spacial score (nSPS) is 9.80. The van der Waals surface area contributed by atoms with Crippen molar-refractivity contribution < 1.29 is 0 Å². The van der Waals surface area contributed by atoms with Crippen LogP contribution in [0, 0.1) is 29.6 Å². The van der Waals surface area contributed by atoms with Crippen LogP contribution in [0.1, 0.15) is 17.0 Å². The smallest absolute Gasteiger partial charge is 0.205 e. The molecule has 0 aromatic carbocycles. The van der Waals surface area contributed by atoms with Gasteiger partial charge < -0.3 is 5.73 Å². The quantitative estimate of drug-likeness (QED) is 0.625. The zero-order valence-corrected chi connectivity index (χ0v) is 7.76. The largest absolute Gasteiger partial charge is 0.381 e. The van der Waals surface area contributed by atoms with Crippen molar-refractivity contribution in [2.75, 3.05) is 5.73 Å². The Balaban J connectivity index is 2.94. The molecular weight excluding hydrogens is 194 g/mol. The number of nitrogen functional groups attached to an aromatic ring is 1. The molecule has 0 aliphatic rings. The maximum absolute atomic E-state index is 8.85. The average Bonchev–Trinajstić information content (AvgIpc) is 2.56. The first-order chi connectivity index (χ1) is 7.19. The summed E-state index contributed by atoms with van der Waals surface area (Å²) in [6, 6.07) is 3.75. The fraction of sp³-hybridized carbons (Fsp3) is 0.125. The number of aromatic nitrogens is 4. The zero-order chi connectivity index (χ0) is 11.0. The molecule has 0 amide bonds. The highest BCUT2D eigenvalue weighted by atomic mass is 15.3. The molecule has 0 radical (unpaired) electrons. The molecule has 0 atom stereocenters. The molecule has 7 heteroatoms. The van der Waals surface area contributed by atoms with Gasteiger partial charge in [0.2, 0.25) is 5.69 Å². The maximum Gasteiger partial charge on any atom is 0.205 e. The predicted octanol–water partition coefficient (Wildman–Crippen LogP) is -0.242. The summed E-state index contributed by atoms with van der Waals surface area (Å²) in [7, 11) is 0. The van der Waals surface area contributed by atoms with E-state index in [1.807, 2.05) is 6.07 Å². The highest BCUT2D eigenvalue weighted by molar-refractivity contribution is 5.61. The van der Waals surface area contributed by atoms with Crippen LogP contribution in [-0.4, -0.2) is 19.8 Å². The van der Waals surface area contributed by atoms with E-state index in [0.717, 1.165) is 0 Å². The molecule has 2 heterocycles. The Morgan fingerprint density at radius 3 is 2.60 bits per heavy atom. The summed E-state index contributed by atoms with van der Waals surface area (Å²) < 4.78 is 1.25. The molecule has 2 rings (SSSR count). The summed E-state index contributed by atoms with van der Waals surface area (Å²) in [5.74, 6) is 0.0899. The molecule has 0 aliphatic carbocycles. The van der Waals surface area contributed by atoms with Crippen molar-refractivity contribution >= 4 is 11.5 Å². The fourth-order valence-electron chi connectivity index (χ4n) is 1.23. The standard InChI is InChI=1S/C8H5N7/c1-4-5(2-9)8-13-12-6(3-10)7(11)15(8)14-4/h11H2,1H3. The van der Waals surface area contributed by atoms with Crippen molar-refractivity contribution in [3.8, 4) is 12.1 Å². The minimum Gasteiger partial charge on any atom is -0.381 e. The molecule has 0 spiro atoms. The van der Waals surface area contributed by atoms with Crippen LogP contribution in [0.15, 0.2) is 0 Å². The molecule has 2 aromatic rings. The van der Waals surface area contributed by atoms with Gasteiger partial charge in [0.05, 0.1) is 5.69 Å². The van der Waals surface area contributed by atoms with Crippen molar-refractivity contribution in [3.05, 3.63) is 17.0 Å². The fourth-order valence-corrected chi connectivity index (χ4v) is 1.23. The van der Waals surface area contributed by atoms with Crippen LogP contribution in [-0.2, 0) is 0 Å². The number of anilines is 1. The van der Waals surface area contributed by atoms with Gasteiger partial charge in [-0.3, -0.25) is 0 Å². The molecule has 0 bridgehead atoms. The Bertz CT molecular complexity index is 625. The van der Waals surface area contributed by atoms with Crippen molar-refractivity contribution in [3.63, 3.8) is 0 Å². The van der Waals surface area contributed by atoms with Gasteiger partial charge in [-0.25, -0.2) is 0 Å². The Kier molecular flexibility index (Phi) is 1.74. The number of nitrogens with two attached hydrogens (primary N) is 1. The summed E-state index contributed by atoms with van der Waals surface area (Å²) in [5.41, 5.74) is 6.72. The number of aryl methyl sites for hydroxylation is 1. The van der Waals surface area contributed by atoms with Gasteiger partial charge in [0.1, 0.15) is 17.7 Å². The van der Waals surface area contributed by atoms with E-state index in [2.05, 4.69) is 15.3 Å². The zero-order valence-electron chi connectivity index (χ0n) is 7.76. The Morgan fingerprint density at radius 1 is 1.27 bits per heavy atom. The third-order valence-electron chi connectivity index (χ3n) is 1.97. The molecule has 0 unspecified atom stereocenters. The summed E-state index contributed by atoms with van der Waals surface area (Å²) in [5, 5.41) is 28.9. The van der Waals surface area contributed by atoms with E-state index in [0.29, 0.717) is 11.3 Å². The average molecular weight is 199 g/mol. The number of hydrogen-bond acceptors (Lipinski definition) is 6. The van der Waals surface area contributed by atoms with Crippen molar-refractivity contribution in [1.29, 1.82) is 10.5 Å². The van der Waals surface area contributed by atoms with E-state index in [9.17, 15) is 0 Å². The van der Waals surface area contributed by atoms with Gasteiger partial charge in [-0.05, 0) is 6.92 Å². The van der Waals surface area contributed by atoms with Gasteiger partial charge in [-0.15, -0.1) is 10.2 Å². The Hall–Kier alpha value is -2.67. The monoisotopic (exact) mass is 199 g/mol. The maximum atomic E-state index is 8.85. The molecule has 0 saturated heterocycles. The van der Waals surface area contributed by atoms with Gasteiger partial charge in [-0.2, -0.15) is 20.1 Å². The summed E-state index contributed by atoms with van der Waals surface area (Å²) in [6.45, 7) is 1.67. The SMILES string of the molecule is Cc1nn2c(N)c(C#N)nnc2c1C#N. The molecule has 0 saturated carbocycles. The van der Waals surface area contributed by atoms with Gasteiger partial charge in [0.25, 0.3) is 0 Å². The Labute approximate surface area is 84.4 Å². The second-order valence-electron chi connectivity index (χ2n) is 2.85. The molecule has 15 heavy (non-hydrogen) atoms. The molecular formula is C8H5N7. The number of hydrogen-bond donors (Lipinski definition) is 1. The first-order valence-corrected chi connectivity index (χ1v) is 4.00. The van der Waals surface area contributed by atoms with Crippen LogP contribution in [0.25, 0.3) is 5.65 Å². The van der Waals surface area contributed by atoms with E-state index < -0.39 is 0 Å². The molecule has 7 nitrogen and oxygen atoms in total. The van der Waals surface area contributed by atoms with Crippen LogP contribution < -0.4 is 5.73 Å². The minimum atomic E-state index is -0.00510. The van der Waals surface area contributed by atoms with E-state index in [4.69, 9.17) is 16.3 Å². The summed E-state index contributed by atoms with van der Waals surface area (Å²) in [6.07, 6.45) is 0. The molecule has 0 aliphatic heterocycles. The van der Waals surface area contributed by atoms with Crippen molar-refractivity contribution in [2.45, 2.75) is 6.92 Å². The third kappa shape index (κ3) is 1.07. The van der Waals surface area contributed by atoms with Crippen LogP contribution in [0.4, 0.5) is 5.82 Å². The van der Waals surface area contributed by atoms with E-state index in [-0.39, 0.29) is 17.2 Å². The second kappa shape index (κ2) is 2.93. The first kappa shape index (κ1) is 8.91. The molecule has 2 N–H and O–H groups in total. The van der Waals surface area contributed by atoms with E-state index in [1.165, 1.54) is 4.52 Å². The topological polar surface area (TPSA) is 117 Å². The lowest BCUT2D eigenvalue weighted by Crippen LogP contribution is -2.06. The summed E-state index contributed by atoms with van der Waals surface area (Å²) >= 11 is 0. The molecule has 0 fully saturated rings. The lowest BCUT2D eigenvalue weighted by molar-refractivity contribution is 0.879. The van der Waals surface area contributed by atoms with Gasteiger partial charge >= 0.3 is 0 Å². The minimum absolute atomic E-state index is 0.00510. The summed E-state index contributed by atoms with van der Waals surface area (Å²) in [4.78, 5) is 0. The van der Waals surface area contributed by atoms with Gasteiger partial charge in [0.15, 0.2) is 11.5 Å². The Morgan fingerprint density at radius 2 is 2.00 bits per heavy atom. The number of nitriles is 2. The predicted molar refractivity (Wildman–Crippen MR) is 49.4 cm³/mol. The van der Waals surface area contributed by atoms with Crippen LogP contribution in [0.2, 0.25) is 0 Å². The van der Waals surface area contributed by atoms with Gasteiger partial charge in [-0.1, -0.05) is 0 Å². The highest BCUT2D eigenvalue weighted by Gasteiger charge is 2.15. The van der Waals surface area contributed by atoms with Crippen LogP contribution in [0.3, 0.4) is 0 Å². The third-order valence-corrected chi connectivity index (χ3v) is 1.97. The highest BCUT2D eigenvalue weighted by Crippen LogP contribution is 2.15. The first-order valence-electron chi connectivity index (χ1n) is 4.00. The number of rotatable bonds is 0. The van der Waals surface area contributed by atoms with E-state index in [1.54, 1.807) is 13.0 Å².